The Balaban J connectivity index is 1.76. The van der Waals surface area contributed by atoms with Crippen molar-refractivity contribution in [3.8, 4) is 0 Å². The topological polar surface area (TPSA) is 43.8 Å². The van der Waals surface area contributed by atoms with Crippen molar-refractivity contribution in [2.75, 3.05) is 26.2 Å². The van der Waals surface area contributed by atoms with E-state index in [9.17, 15) is 4.79 Å². The first-order chi connectivity index (χ1) is 8.56. The second-order valence-corrected chi connectivity index (χ2v) is 6.11. The van der Waals surface area contributed by atoms with Crippen molar-refractivity contribution in [1.82, 2.24) is 9.80 Å². The molecule has 0 amide bonds. The van der Waals surface area contributed by atoms with Crippen LogP contribution in [0.2, 0.25) is 0 Å². The molecule has 0 aromatic rings. The number of carbonyl (C=O) groups is 1. The highest BCUT2D eigenvalue weighted by molar-refractivity contribution is 5.67. The standard InChI is InChI=1S/C14H26N2O2/c1-11(2)15-7-4-13(5-8-15)16-6-3-12(10-16)9-14(17)18/h11-13H,3-10H2,1-2H3,(H,17,18). The molecule has 2 rings (SSSR count). The first-order valence-corrected chi connectivity index (χ1v) is 7.26. The van der Waals surface area contributed by atoms with Crippen LogP contribution in [0.15, 0.2) is 0 Å². The second kappa shape index (κ2) is 6.02. The predicted molar refractivity (Wildman–Crippen MR) is 71.7 cm³/mol. The predicted octanol–water partition coefficient (Wildman–Crippen LogP) is 1.66. The molecule has 2 heterocycles. The molecule has 2 aliphatic heterocycles. The lowest BCUT2D eigenvalue weighted by Gasteiger charge is -2.38. The van der Waals surface area contributed by atoms with Gasteiger partial charge in [0.1, 0.15) is 0 Å². The van der Waals surface area contributed by atoms with Gasteiger partial charge in [0.2, 0.25) is 0 Å². The quantitative estimate of drug-likeness (QED) is 0.828. The van der Waals surface area contributed by atoms with E-state index in [1.165, 1.54) is 25.9 Å². The molecule has 0 saturated carbocycles. The number of aliphatic carboxylic acids is 1. The van der Waals surface area contributed by atoms with Gasteiger partial charge < -0.3 is 10.0 Å². The van der Waals surface area contributed by atoms with Crippen molar-refractivity contribution in [3.05, 3.63) is 0 Å². The molecule has 0 radical (unpaired) electrons. The zero-order valence-electron chi connectivity index (χ0n) is 11.6. The summed E-state index contributed by atoms with van der Waals surface area (Å²) < 4.78 is 0. The number of carboxylic acids is 1. The molecule has 1 unspecified atom stereocenters. The van der Waals surface area contributed by atoms with Gasteiger partial charge in [0.15, 0.2) is 0 Å². The minimum absolute atomic E-state index is 0.349. The molecule has 4 nitrogen and oxygen atoms in total. The van der Waals surface area contributed by atoms with Crippen molar-refractivity contribution in [1.29, 1.82) is 0 Å². The molecule has 0 bridgehead atoms. The van der Waals surface area contributed by atoms with E-state index in [1.54, 1.807) is 0 Å². The summed E-state index contributed by atoms with van der Waals surface area (Å²) in [6, 6.07) is 1.35. The maximum Gasteiger partial charge on any atom is 0.303 e. The minimum Gasteiger partial charge on any atom is -0.481 e. The van der Waals surface area contributed by atoms with E-state index in [4.69, 9.17) is 5.11 Å². The van der Waals surface area contributed by atoms with Crippen molar-refractivity contribution >= 4 is 5.97 Å². The monoisotopic (exact) mass is 254 g/mol. The smallest absolute Gasteiger partial charge is 0.303 e. The summed E-state index contributed by atoms with van der Waals surface area (Å²) >= 11 is 0. The Morgan fingerprint density at radius 1 is 1.22 bits per heavy atom. The molecule has 4 heteroatoms. The number of likely N-dealkylation sites (tertiary alicyclic amines) is 2. The highest BCUT2D eigenvalue weighted by Gasteiger charge is 2.31. The largest absolute Gasteiger partial charge is 0.481 e. The second-order valence-electron chi connectivity index (χ2n) is 6.11. The summed E-state index contributed by atoms with van der Waals surface area (Å²) in [5.74, 6) is -0.262. The molecule has 2 saturated heterocycles. The fourth-order valence-corrected chi connectivity index (χ4v) is 3.38. The fraction of sp³-hybridized carbons (Fsp3) is 0.929. The van der Waals surface area contributed by atoms with E-state index in [0.717, 1.165) is 19.5 Å². The Labute approximate surface area is 110 Å². The normalized spacial score (nSPS) is 28.1. The zero-order chi connectivity index (χ0) is 13.1. The molecule has 1 N–H and O–H groups in total. The van der Waals surface area contributed by atoms with Crippen LogP contribution in [0.3, 0.4) is 0 Å². The minimum atomic E-state index is -0.642. The van der Waals surface area contributed by atoms with E-state index >= 15 is 0 Å². The van der Waals surface area contributed by atoms with E-state index in [2.05, 4.69) is 23.6 Å². The SMILES string of the molecule is CC(C)N1CCC(N2CCC(CC(=O)O)C2)CC1. The van der Waals surface area contributed by atoms with Crippen LogP contribution < -0.4 is 0 Å². The van der Waals surface area contributed by atoms with Gasteiger partial charge in [-0.25, -0.2) is 0 Å². The van der Waals surface area contributed by atoms with Crippen molar-refractivity contribution in [2.45, 2.75) is 51.6 Å². The summed E-state index contributed by atoms with van der Waals surface area (Å²) in [7, 11) is 0. The molecule has 0 aromatic carbocycles. The highest BCUT2D eigenvalue weighted by Crippen LogP contribution is 2.26. The summed E-state index contributed by atoms with van der Waals surface area (Å²) in [5, 5.41) is 8.84. The number of nitrogens with zero attached hydrogens (tertiary/aromatic N) is 2. The molecule has 2 aliphatic rings. The molecule has 1 atom stereocenters. The molecule has 0 aromatic heterocycles. The number of carboxylic acid groups (broad SMARTS) is 1. The van der Waals surface area contributed by atoms with Crippen LogP contribution in [-0.2, 0) is 4.79 Å². The first kappa shape index (κ1) is 13.8. The Kier molecular flexibility index (Phi) is 4.62. The number of hydrogen-bond donors (Lipinski definition) is 1. The fourth-order valence-electron chi connectivity index (χ4n) is 3.38. The molecule has 104 valence electrons. The van der Waals surface area contributed by atoms with Gasteiger partial charge in [0.05, 0.1) is 0 Å². The van der Waals surface area contributed by atoms with Crippen LogP contribution in [-0.4, -0.2) is 59.1 Å². The number of piperidine rings is 1. The zero-order valence-corrected chi connectivity index (χ0v) is 11.6. The van der Waals surface area contributed by atoms with Gasteiger partial charge in [0, 0.05) is 25.0 Å². The van der Waals surface area contributed by atoms with Gasteiger partial charge in [-0.2, -0.15) is 0 Å². The maximum atomic E-state index is 10.7. The summed E-state index contributed by atoms with van der Waals surface area (Å²) in [5.41, 5.74) is 0. The summed E-state index contributed by atoms with van der Waals surface area (Å²) in [6.45, 7) is 9.02. The first-order valence-electron chi connectivity index (χ1n) is 7.26. The third kappa shape index (κ3) is 3.45. The van der Waals surface area contributed by atoms with Gasteiger partial charge in [-0.05, 0) is 58.7 Å². The Morgan fingerprint density at radius 2 is 1.89 bits per heavy atom. The van der Waals surface area contributed by atoms with Crippen molar-refractivity contribution in [3.63, 3.8) is 0 Å². The van der Waals surface area contributed by atoms with E-state index < -0.39 is 5.97 Å². The molecular formula is C14H26N2O2. The van der Waals surface area contributed by atoms with Crippen molar-refractivity contribution < 1.29 is 9.90 Å². The van der Waals surface area contributed by atoms with Gasteiger partial charge in [0.25, 0.3) is 0 Å². The molecular weight excluding hydrogens is 228 g/mol. The van der Waals surface area contributed by atoms with E-state index in [0.29, 0.717) is 24.4 Å². The lowest BCUT2D eigenvalue weighted by molar-refractivity contribution is -0.138. The van der Waals surface area contributed by atoms with Gasteiger partial charge in [-0.3, -0.25) is 9.69 Å². The summed E-state index contributed by atoms with van der Waals surface area (Å²) in [4.78, 5) is 15.8. The summed E-state index contributed by atoms with van der Waals surface area (Å²) in [6.07, 6.45) is 3.91. The lowest BCUT2D eigenvalue weighted by Crippen LogP contribution is -2.46. The molecule has 0 spiro atoms. The van der Waals surface area contributed by atoms with Crippen LogP contribution >= 0.6 is 0 Å². The van der Waals surface area contributed by atoms with Crippen LogP contribution in [0.4, 0.5) is 0 Å². The number of rotatable bonds is 4. The average molecular weight is 254 g/mol. The van der Waals surface area contributed by atoms with Gasteiger partial charge in [-0.1, -0.05) is 0 Å². The van der Waals surface area contributed by atoms with Crippen LogP contribution in [0.1, 0.15) is 39.5 Å². The van der Waals surface area contributed by atoms with Gasteiger partial charge >= 0.3 is 5.97 Å². The Morgan fingerprint density at radius 3 is 2.44 bits per heavy atom. The molecule has 2 fully saturated rings. The Hall–Kier alpha value is -0.610. The van der Waals surface area contributed by atoms with Crippen molar-refractivity contribution in [2.24, 2.45) is 5.92 Å². The van der Waals surface area contributed by atoms with E-state index in [-0.39, 0.29) is 0 Å². The third-order valence-corrected chi connectivity index (χ3v) is 4.53. The van der Waals surface area contributed by atoms with Crippen LogP contribution in [0.5, 0.6) is 0 Å². The Bertz CT molecular complexity index is 286. The number of hydrogen-bond acceptors (Lipinski definition) is 3. The highest BCUT2D eigenvalue weighted by atomic mass is 16.4. The van der Waals surface area contributed by atoms with Crippen LogP contribution in [0.25, 0.3) is 0 Å². The average Bonchev–Trinajstić information content (AvgIpc) is 2.76. The third-order valence-electron chi connectivity index (χ3n) is 4.53. The van der Waals surface area contributed by atoms with Gasteiger partial charge in [-0.15, -0.1) is 0 Å². The van der Waals surface area contributed by atoms with Crippen LogP contribution in [0, 0.1) is 5.92 Å². The molecule has 18 heavy (non-hydrogen) atoms. The maximum absolute atomic E-state index is 10.7. The molecule has 0 aliphatic carbocycles. The lowest BCUT2D eigenvalue weighted by atomic mass is 10.0. The van der Waals surface area contributed by atoms with E-state index in [1.807, 2.05) is 0 Å².